The molecular formula is C24H22N2. The number of nitrogens with zero attached hydrogens (tertiary/aromatic N) is 2. The van der Waals surface area contributed by atoms with Crippen molar-refractivity contribution in [1.29, 1.82) is 0 Å². The number of aromatic nitrogens is 2. The van der Waals surface area contributed by atoms with Gasteiger partial charge in [-0.15, -0.1) is 0 Å². The van der Waals surface area contributed by atoms with Crippen molar-refractivity contribution in [2.75, 3.05) is 0 Å². The zero-order valence-electron chi connectivity index (χ0n) is 15.7. The van der Waals surface area contributed by atoms with Crippen molar-refractivity contribution in [3.05, 3.63) is 70.9 Å². The summed E-state index contributed by atoms with van der Waals surface area (Å²) in [6.07, 6.45) is 1.01. The first kappa shape index (κ1) is 15.5. The molecule has 4 aromatic rings. The first-order valence-electron chi connectivity index (χ1n) is 9.24. The molecule has 1 aliphatic rings. The van der Waals surface area contributed by atoms with Crippen molar-refractivity contribution in [3.63, 3.8) is 0 Å². The van der Waals surface area contributed by atoms with E-state index in [-0.39, 0.29) is 5.41 Å². The summed E-state index contributed by atoms with van der Waals surface area (Å²) in [4.78, 5) is 10.2. The van der Waals surface area contributed by atoms with Crippen molar-refractivity contribution in [3.8, 4) is 11.3 Å². The van der Waals surface area contributed by atoms with Crippen molar-refractivity contribution in [2.24, 2.45) is 0 Å². The van der Waals surface area contributed by atoms with E-state index in [0.717, 1.165) is 28.8 Å². The SMILES string of the molecule is Cc1cc(C)c2c(c1)CC(C)(C)c1nc3cc4ccccc4cc3nc1-2. The Morgan fingerprint density at radius 1 is 0.846 bits per heavy atom. The summed E-state index contributed by atoms with van der Waals surface area (Å²) in [6.45, 7) is 8.94. The molecule has 0 radical (unpaired) electrons. The summed E-state index contributed by atoms with van der Waals surface area (Å²) >= 11 is 0. The maximum Gasteiger partial charge on any atom is 0.0936 e. The molecule has 2 heteroatoms. The molecule has 0 amide bonds. The Balaban J connectivity index is 1.89. The van der Waals surface area contributed by atoms with Crippen LogP contribution in [0, 0.1) is 13.8 Å². The van der Waals surface area contributed by atoms with Crippen molar-refractivity contribution >= 4 is 21.8 Å². The van der Waals surface area contributed by atoms with Crippen molar-refractivity contribution in [1.82, 2.24) is 9.97 Å². The highest BCUT2D eigenvalue weighted by molar-refractivity contribution is 5.96. The quantitative estimate of drug-likeness (QED) is 0.373. The second-order valence-corrected chi connectivity index (χ2v) is 8.29. The molecule has 5 rings (SSSR count). The van der Waals surface area contributed by atoms with Crippen LogP contribution in [0.15, 0.2) is 48.5 Å². The molecule has 1 aromatic heterocycles. The molecule has 0 bridgehead atoms. The minimum atomic E-state index is -0.0185. The van der Waals surface area contributed by atoms with E-state index in [1.165, 1.54) is 33.0 Å². The number of rotatable bonds is 0. The maximum atomic E-state index is 5.13. The first-order chi connectivity index (χ1) is 12.4. The predicted octanol–water partition coefficient (Wildman–Crippen LogP) is 5.90. The van der Waals surface area contributed by atoms with Crippen LogP contribution in [0.4, 0.5) is 0 Å². The van der Waals surface area contributed by atoms with Crippen molar-refractivity contribution in [2.45, 2.75) is 39.5 Å². The van der Waals surface area contributed by atoms with Gasteiger partial charge >= 0.3 is 0 Å². The minimum Gasteiger partial charge on any atom is -0.248 e. The van der Waals surface area contributed by atoms with Crippen LogP contribution in [0.1, 0.15) is 36.2 Å². The Labute approximate surface area is 153 Å². The van der Waals surface area contributed by atoms with Crippen LogP contribution in [-0.4, -0.2) is 9.97 Å². The molecule has 3 aromatic carbocycles. The third kappa shape index (κ3) is 2.18. The molecule has 128 valence electrons. The van der Waals surface area contributed by atoms with E-state index < -0.39 is 0 Å². The molecule has 0 saturated carbocycles. The lowest BCUT2D eigenvalue weighted by atomic mass is 9.73. The van der Waals surface area contributed by atoms with Crippen molar-refractivity contribution < 1.29 is 0 Å². The minimum absolute atomic E-state index is 0.0185. The molecule has 26 heavy (non-hydrogen) atoms. The number of fused-ring (bicyclic) bond motifs is 5. The number of hydrogen-bond acceptors (Lipinski definition) is 2. The highest BCUT2D eigenvalue weighted by Gasteiger charge is 2.34. The van der Waals surface area contributed by atoms with Gasteiger partial charge in [0.25, 0.3) is 0 Å². The van der Waals surface area contributed by atoms with Crippen LogP contribution >= 0.6 is 0 Å². The van der Waals surface area contributed by atoms with Gasteiger partial charge in [-0.2, -0.15) is 0 Å². The summed E-state index contributed by atoms with van der Waals surface area (Å²) in [6, 6.07) is 17.4. The number of benzene rings is 3. The van der Waals surface area contributed by atoms with Gasteiger partial charge < -0.3 is 0 Å². The Bertz CT molecular complexity index is 1200. The van der Waals surface area contributed by atoms with E-state index in [2.05, 4.69) is 76.2 Å². The predicted molar refractivity (Wildman–Crippen MR) is 109 cm³/mol. The molecule has 0 fully saturated rings. The second-order valence-electron chi connectivity index (χ2n) is 8.29. The lowest BCUT2D eigenvalue weighted by Crippen LogP contribution is -2.28. The first-order valence-corrected chi connectivity index (χ1v) is 9.24. The largest absolute Gasteiger partial charge is 0.248 e. The summed E-state index contributed by atoms with van der Waals surface area (Å²) in [5, 5.41) is 2.43. The fourth-order valence-electron chi connectivity index (χ4n) is 4.48. The monoisotopic (exact) mass is 338 g/mol. The molecule has 0 saturated heterocycles. The van der Waals surface area contributed by atoms with Gasteiger partial charge in [0, 0.05) is 11.0 Å². The number of aryl methyl sites for hydroxylation is 2. The summed E-state index contributed by atoms with van der Waals surface area (Å²) in [5.74, 6) is 0. The standard InChI is InChI=1S/C24H22N2/c1-14-9-15(2)21-18(10-14)13-24(3,4)23-22(21)25-19-11-16-7-5-6-8-17(16)12-20(19)26-23/h5-12H,13H2,1-4H3. The summed E-state index contributed by atoms with van der Waals surface area (Å²) < 4.78 is 0. The topological polar surface area (TPSA) is 25.8 Å². The van der Waals surface area contributed by atoms with Gasteiger partial charge in [0.1, 0.15) is 0 Å². The van der Waals surface area contributed by atoms with Gasteiger partial charge in [-0.05, 0) is 54.3 Å². The fourth-order valence-corrected chi connectivity index (χ4v) is 4.48. The smallest absolute Gasteiger partial charge is 0.0936 e. The zero-order valence-corrected chi connectivity index (χ0v) is 15.7. The molecule has 1 heterocycles. The van der Waals surface area contributed by atoms with Crippen LogP contribution in [0.25, 0.3) is 33.1 Å². The van der Waals surface area contributed by atoms with E-state index in [4.69, 9.17) is 9.97 Å². The average molecular weight is 338 g/mol. The highest BCUT2D eigenvalue weighted by Crippen LogP contribution is 2.43. The van der Waals surface area contributed by atoms with Gasteiger partial charge in [0.15, 0.2) is 0 Å². The molecular weight excluding hydrogens is 316 g/mol. The van der Waals surface area contributed by atoms with Gasteiger partial charge in [-0.1, -0.05) is 55.8 Å². The molecule has 0 N–H and O–H groups in total. The van der Waals surface area contributed by atoms with Crippen LogP contribution < -0.4 is 0 Å². The molecule has 0 unspecified atom stereocenters. The molecule has 2 nitrogen and oxygen atoms in total. The van der Waals surface area contributed by atoms with E-state index in [1.54, 1.807) is 0 Å². The zero-order chi connectivity index (χ0) is 18.1. The molecule has 1 aliphatic carbocycles. The van der Waals surface area contributed by atoms with Crippen LogP contribution in [0.3, 0.4) is 0 Å². The Kier molecular flexibility index (Phi) is 3.06. The summed E-state index contributed by atoms with van der Waals surface area (Å²) in [7, 11) is 0. The fraction of sp³-hybridized carbons (Fsp3) is 0.250. The molecule has 0 spiro atoms. The molecule has 0 atom stereocenters. The van der Waals surface area contributed by atoms with Gasteiger partial charge in [0.05, 0.1) is 22.4 Å². The lowest BCUT2D eigenvalue weighted by Gasteiger charge is -2.33. The lowest BCUT2D eigenvalue weighted by molar-refractivity contribution is 0.499. The van der Waals surface area contributed by atoms with Gasteiger partial charge in [-0.25, -0.2) is 9.97 Å². The second kappa shape index (κ2) is 5.14. The van der Waals surface area contributed by atoms with Crippen LogP contribution in [0.5, 0.6) is 0 Å². The summed E-state index contributed by atoms with van der Waals surface area (Å²) in [5.41, 5.74) is 9.44. The maximum absolute atomic E-state index is 5.13. The number of hydrogen-bond donors (Lipinski definition) is 0. The van der Waals surface area contributed by atoms with Gasteiger partial charge in [-0.3, -0.25) is 0 Å². The highest BCUT2D eigenvalue weighted by atomic mass is 14.9. The Morgan fingerprint density at radius 2 is 1.50 bits per heavy atom. The Hall–Kier alpha value is -2.74. The average Bonchev–Trinajstić information content (AvgIpc) is 2.57. The third-order valence-electron chi connectivity index (χ3n) is 5.60. The van der Waals surface area contributed by atoms with Crippen LogP contribution in [-0.2, 0) is 11.8 Å². The van der Waals surface area contributed by atoms with E-state index in [0.29, 0.717) is 0 Å². The normalized spacial score (nSPS) is 15.1. The van der Waals surface area contributed by atoms with E-state index in [9.17, 15) is 0 Å². The Morgan fingerprint density at radius 3 is 2.19 bits per heavy atom. The van der Waals surface area contributed by atoms with Crippen LogP contribution in [0.2, 0.25) is 0 Å². The third-order valence-corrected chi connectivity index (χ3v) is 5.60. The van der Waals surface area contributed by atoms with Gasteiger partial charge in [0.2, 0.25) is 0 Å². The molecule has 0 aliphatic heterocycles. The van der Waals surface area contributed by atoms with E-state index >= 15 is 0 Å². The van der Waals surface area contributed by atoms with E-state index in [1.807, 2.05) is 0 Å².